The Bertz CT molecular complexity index is 1390. The number of carboxylic acids is 1. The monoisotopic (exact) mass is 560 g/mol. The molecule has 0 spiro atoms. The standard InChI is InChI=1S/C33H40N2O6/c1-32-15-13-24-22(9-12-28-33(24,2)16-14-29(36)35-28)23(32)10-11-25(32)31(39)34-26-7-3-6-21-20(26)5-4-8-27(21)41-18-17-40-19-30(37)38/h3-8,14,16,22-25,28H,9-13,15,17-19H2,1-2H3,(H,34,39)(H,35,36)(H,37,38)/t22-,23-,24-,25+,28+,32-,33+/m0/s1. The second-order valence-electron chi connectivity index (χ2n) is 12.8. The van der Waals surface area contributed by atoms with Gasteiger partial charge in [-0.05, 0) is 79.9 Å². The molecular formula is C33H40N2O6. The fraction of sp³-hybridized carbons (Fsp3) is 0.545. The van der Waals surface area contributed by atoms with Crippen LogP contribution in [0, 0.1) is 34.5 Å². The van der Waals surface area contributed by atoms with Crippen LogP contribution in [0.5, 0.6) is 5.75 Å². The first-order chi connectivity index (χ1) is 19.7. The highest BCUT2D eigenvalue weighted by Crippen LogP contribution is 2.65. The summed E-state index contributed by atoms with van der Waals surface area (Å²) < 4.78 is 11.0. The maximum Gasteiger partial charge on any atom is 0.329 e. The minimum Gasteiger partial charge on any atom is -0.491 e. The fourth-order valence-electron chi connectivity index (χ4n) is 8.87. The Morgan fingerprint density at radius 1 is 1.00 bits per heavy atom. The van der Waals surface area contributed by atoms with Crippen molar-refractivity contribution in [2.75, 3.05) is 25.1 Å². The molecule has 3 aliphatic carbocycles. The van der Waals surface area contributed by atoms with Gasteiger partial charge in [0.15, 0.2) is 0 Å². The first kappa shape index (κ1) is 27.8. The maximum atomic E-state index is 13.9. The number of aliphatic carboxylic acids is 1. The average molecular weight is 561 g/mol. The molecule has 0 bridgehead atoms. The fourth-order valence-corrected chi connectivity index (χ4v) is 8.87. The highest BCUT2D eigenvalue weighted by atomic mass is 16.5. The molecule has 0 saturated heterocycles. The van der Waals surface area contributed by atoms with Crippen molar-refractivity contribution in [2.45, 2.75) is 58.4 Å². The van der Waals surface area contributed by atoms with E-state index >= 15 is 0 Å². The van der Waals surface area contributed by atoms with Crippen molar-refractivity contribution in [1.82, 2.24) is 5.32 Å². The van der Waals surface area contributed by atoms with E-state index in [-0.39, 0.29) is 54.4 Å². The van der Waals surface area contributed by atoms with E-state index in [9.17, 15) is 14.4 Å². The van der Waals surface area contributed by atoms with E-state index in [0.717, 1.165) is 55.0 Å². The van der Waals surface area contributed by atoms with Crippen molar-refractivity contribution in [2.24, 2.45) is 34.5 Å². The number of fused-ring (bicyclic) bond motifs is 6. The number of carbonyl (C=O) groups excluding carboxylic acids is 2. The molecule has 218 valence electrons. The summed E-state index contributed by atoms with van der Waals surface area (Å²) in [6.45, 7) is 4.72. The summed E-state index contributed by atoms with van der Waals surface area (Å²) in [5.74, 6) is 1.36. The number of rotatable bonds is 8. The third-order valence-corrected chi connectivity index (χ3v) is 10.9. The van der Waals surface area contributed by atoms with Crippen LogP contribution in [0.1, 0.15) is 52.4 Å². The van der Waals surface area contributed by atoms with Crippen molar-refractivity contribution in [3.8, 4) is 5.75 Å². The van der Waals surface area contributed by atoms with E-state index in [4.69, 9.17) is 14.6 Å². The van der Waals surface area contributed by atoms with E-state index in [0.29, 0.717) is 23.5 Å². The van der Waals surface area contributed by atoms with Gasteiger partial charge in [-0.1, -0.05) is 44.2 Å². The van der Waals surface area contributed by atoms with Gasteiger partial charge in [-0.2, -0.15) is 0 Å². The molecule has 0 unspecified atom stereocenters. The Morgan fingerprint density at radius 3 is 2.63 bits per heavy atom. The quantitative estimate of drug-likeness (QED) is 0.384. The summed E-state index contributed by atoms with van der Waals surface area (Å²) >= 11 is 0. The summed E-state index contributed by atoms with van der Waals surface area (Å²) in [5, 5.41) is 17.0. The second-order valence-corrected chi connectivity index (χ2v) is 12.8. The van der Waals surface area contributed by atoms with Crippen LogP contribution in [-0.4, -0.2) is 48.8 Å². The molecule has 6 rings (SSSR count). The highest BCUT2D eigenvalue weighted by molar-refractivity contribution is 6.04. The van der Waals surface area contributed by atoms with Crippen molar-refractivity contribution < 1.29 is 29.0 Å². The predicted octanol–water partition coefficient (Wildman–Crippen LogP) is 5.17. The van der Waals surface area contributed by atoms with Gasteiger partial charge in [-0.25, -0.2) is 4.79 Å². The maximum absolute atomic E-state index is 13.9. The topological polar surface area (TPSA) is 114 Å². The zero-order valence-electron chi connectivity index (χ0n) is 23.9. The van der Waals surface area contributed by atoms with Gasteiger partial charge >= 0.3 is 5.97 Å². The highest BCUT2D eigenvalue weighted by Gasteiger charge is 2.60. The van der Waals surface area contributed by atoms with Crippen LogP contribution in [0.2, 0.25) is 0 Å². The average Bonchev–Trinajstić information content (AvgIpc) is 3.31. The minimum atomic E-state index is -1.01. The van der Waals surface area contributed by atoms with Gasteiger partial charge in [0.05, 0.1) is 6.61 Å². The Labute approximate surface area is 240 Å². The number of carboxylic acid groups (broad SMARTS) is 1. The van der Waals surface area contributed by atoms with Crippen LogP contribution in [-0.2, 0) is 19.1 Å². The second kappa shape index (κ2) is 10.8. The Balaban J connectivity index is 1.16. The summed E-state index contributed by atoms with van der Waals surface area (Å²) in [6.07, 6.45) is 10.1. The lowest BCUT2D eigenvalue weighted by atomic mass is 9.48. The Kier molecular flexibility index (Phi) is 7.30. The summed E-state index contributed by atoms with van der Waals surface area (Å²) in [5.41, 5.74) is 0.728. The SMILES string of the molecule is C[C@]12C=CC(=O)N[C@@H]1CC[C@@H]1[C@@H]2CC[C@]2(C)[C@@H](C(=O)Nc3cccc4c(OCCOCC(=O)O)cccc34)CC[C@@H]12. The summed E-state index contributed by atoms with van der Waals surface area (Å²) in [7, 11) is 0. The summed E-state index contributed by atoms with van der Waals surface area (Å²) in [6, 6.07) is 11.8. The first-order valence-corrected chi connectivity index (χ1v) is 15.0. The molecule has 2 aromatic rings. The zero-order valence-corrected chi connectivity index (χ0v) is 23.9. The van der Waals surface area contributed by atoms with Gasteiger partial charge in [-0.3, -0.25) is 9.59 Å². The lowest BCUT2D eigenvalue weighted by Crippen LogP contribution is -2.59. The molecule has 41 heavy (non-hydrogen) atoms. The molecule has 1 heterocycles. The molecule has 7 atom stereocenters. The van der Waals surface area contributed by atoms with E-state index in [2.05, 4.69) is 30.6 Å². The van der Waals surface area contributed by atoms with Crippen LogP contribution in [0.4, 0.5) is 5.69 Å². The molecule has 2 aromatic carbocycles. The number of benzene rings is 2. The molecule has 0 aromatic heterocycles. The number of hydrogen-bond acceptors (Lipinski definition) is 5. The number of anilines is 1. The van der Waals surface area contributed by atoms with Gasteiger partial charge in [0.2, 0.25) is 11.8 Å². The number of nitrogens with one attached hydrogen (secondary N) is 2. The number of hydrogen-bond donors (Lipinski definition) is 3. The minimum absolute atomic E-state index is 0.0103. The smallest absolute Gasteiger partial charge is 0.329 e. The van der Waals surface area contributed by atoms with Crippen LogP contribution in [0.3, 0.4) is 0 Å². The third kappa shape index (κ3) is 4.90. The van der Waals surface area contributed by atoms with Crippen LogP contribution in [0.15, 0.2) is 48.6 Å². The molecule has 3 N–H and O–H groups in total. The molecule has 3 fully saturated rings. The van der Waals surface area contributed by atoms with Gasteiger partial charge in [0.1, 0.15) is 19.0 Å². The van der Waals surface area contributed by atoms with Gasteiger partial charge in [-0.15, -0.1) is 0 Å². The van der Waals surface area contributed by atoms with Crippen LogP contribution < -0.4 is 15.4 Å². The molecule has 4 aliphatic rings. The summed E-state index contributed by atoms with van der Waals surface area (Å²) in [4.78, 5) is 36.6. The molecular weight excluding hydrogens is 520 g/mol. The van der Waals surface area contributed by atoms with Crippen molar-refractivity contribution in [3.63, 3.8) is 0 Å². The Hall–Kier alpha value is -3.39. The van der Waals surface area contributed by atoms with Crippen LogP contribution >= 0.6 is 0 Å². The largest absolute Gasteiger partial charge is 0.491 e. The molecule has 8 nitrogen and oxygen atoms in total. The lowest BCUT2D eigenvalue weighted by molar-refractivity contribution is -0.142. The first-order valence-electron chi connectivity index (χ1n) is 15.0. The third-order valence-electron chi connectivity index (χ3n) is 10.9. The van der Waals surface area contributed by atoms with Crippen LogP contribution in [0.25, 0.3) is 10.8 Å². The number of carbonyl (C=O) groups is 3. The number of amides is 2. The molecule has 8 heteroatoms. The van der Waals surface area contributed by atoms with E-state index in [1.165, 1.54) is 0 Å². The molecule has 1 aliphatic heterocycles. The molecule has 2 amide bonds. The van der Waals surface area contributed by atoms with Crippen molar-refractivity contribution in [3.05, 3.63) is 48.6 Å². The Morgan fingerprint density at radius 2 is 1.80 bits per heavy atom. The molecule has 0 radical (unpaired) electrons. The van der Waals surface area contributed by atoms with Gasteiger partial charge in [0, 0.05) is 33.8 Å². The van der Waals surface area contributed by atoms with Gasteiger partial charge < -0.3 is 25.2 Å². The van der Waals surface area contributed by atoms with E-state index < -0.39 is 5.97 Å². The van der Waals surface area contributed by atoms with Crippen molar-refractivity contribution in [1.29, 1.82) is 0 Å². The van der Waals surface area contributed by atoms with E-state index in [1.807, 2.05) is 36.4 Å². The van der Waals surface area contributed by atoms with E-state index in [1.54, 1.807) is 6.08 Å². The van der Waals surface area contributed by atoms with Gasteiger partial charge in [0.25, 0.3) is 0 Å². The zero-order chi connectivity index (χ0) is 28.8. The predicted molar refractivity (Wildman–Crippen MR) is 155 cm³/mol. The lowest BCUT2D eigenvalue weighted by Gasteiger charge is -2.58. The molecule has 3 saturated carbocycles. The number of ether oxygens (including phenoxy) is 2. The van der Waals surface area contributed by atoms with Crippen molar-refractivity contribution >= 4 is 34.2 Å². The normalized spacial score (nSPS) is 33.8.